The highest BCUT2D eigenvalue weighted by molar-refractivity contribution is 6.34. The maximum Gasteiger partial charge on any atom is 0.418 e. The van der Waals surface area contributed by atoms with Crippen LogP contribution in [-0.4, -0.2) is 50.7 Å². The van der Waals surface area contributed by atoms with E-state index in [4.69, 9.17) is 16.3 Å². The number of para-hydroxylation sites is 2. The van der Waals surface area contributed by atoms with Crippen LogP contribution < -0.4 is 10.2 Å². The van der Waals surface area contributed by atoms with Crippen molar-refractivity contribution in [2.75, 3.05) is 50.1 Å². The summed E-state index contributed by atoms with van der Waals surface area (Å²) in [6.45, 7) is 3.27. The number of anilines is 2. The lowest BCUT2D eigenvalue weighted by molar-refractivity contribution is -0.137. The van der Waals surface area contributed by atoms with Gasteiger partial charge in [0.05, 0.1) is 36.0 Å². The molecule has 0 saturated carbocycles. The quantitative estimate of drug-likeness (QED) is 0.727. The van der Waals surface area contributed by atoms with Gasteiger partial charge in [-0.1, -0.05) is 35.9 Å². The van der Waals surface area contributed by atoms with Crippen LogP contribution in [0, 0.1) is 0 Å². The predicted molar refractivity (Wildman–Crippen MR) is 111 cm³/mol. The smallest absolute Gasteiger partial charge is 0.378 e. The molecule has 0 spiro atoms. The lowest BCUT2D eigenvalue weighted by Gasteiger charge is -2.31. The molecule has 9 heteroatoms. The van der Waals surface area contributed by atoms with Crippen LogP contribution in [0.4, 0.5) is 24.5 Å². The topological polar surface area (TPSA) is 44.8 Å². The standard InChI is InChI=1S/C21H23ClF3N3O2/c1-27(13-15-5-2-3-8-18(15)28-9-11-30-12-10-28)14-19(29)26-20-16(21(23,24)25)6-4-7-17(20)22/h2-8H,9-14H2,1H3,(H,26,29). The summed E-state index contributed by atoms with van der Waals surface area (Å²) in [5.74, 6) is -0.569. The zero-order valence-corrected chi connectivity index (χ0v) is 17.3. The summed E-state index contributed by atoms with van der Waals surface area (Å²) in [7, 11) is 1.74. The van der Waals surface area contributed by atoms with Crippen molar-refractivity contribution in [3.63, 3.8) is 0 Å². The van der Waals surface area contributed by atoms with Crippen LogP contribution in [-0.2, 0) is 22.3 Å². The molecule has 3 rings (SSSR count). The minimum Gasteiger partial charge on any atom is -0.378 e. The first-order chi connectivity index (χ1) is 14.3. The average Bonchev–Trinajstić information content (AvgIpc) is 2.69. The first-order valence-electron chi connectivity index (χ1n) is 9.50. The van der Waals surface area contributed by atoms with Gasteiger partial charge >= 0.3 is 6.18 Å². The Morgan fingerprint density at radius 3 is 2.57 bits per heavy atom. The van der Waals surface area contributed by atoms with Crippen molar-refractivity contribution in [1.29, 1.82) is 0 Å². The zero-order chi connectivity index (χ0) is 21.7. The lowest BCUT2D eigenvalue weighted by Crippen LogP contribution is -2.37. The number of ether oxygens (including phenoxy) is 1. The molecule has 1 fully saturated rings. The second-order valence-electron chi connectivity index (χ2n) is 7.11. The summed E-state index contributed by atoms with van der Waals surface area (Å²) >= 11 is 5.91. The fraction of sp³-hybridized carbons (Fsp3) is 0.381. The third-order valence-electron chi connectivity index (χ3n) is 4.78. The van der Waals surface area contributed by atoms with Crippen molar-refractivity contribution in [3.05, 3.63) is 58.6 Å². The summed E-state index contributed by atoms with van der Waals surface area (Å²) in [6.07, 6.45) is -4.61. The number of halogens is 4. The summed E-state index contributed by atoms with van der Waals surface area (Å²) in [5, 5.41) is 2.17. The van der Waals surface area contributed by atoms with E-state index in [1.54, 1.807) is 11.9 Å². The normalized spacial score (nSPS) is 14.8. The van der Waals surface area contributed by atoms with Crippen molar-refractivity contribution in [1.82, 2.24) is 4.90 Å². The molecule has 5 nitrogen and oxygen atoms in total. The number of morpholine rings is 1. The maximum absolute atomic E-state index is 13.2. The number of rotatable bonds is 6. The molecule has 1 aliphatic rings. The molecule has 1 aliphatic heterocycles. The molecule has 2 aromatic rings. The van der Waals surface area contributed by atoms with Gasteiger partial charge in [0, 0.05) is 25.3 Å². The molecule has 1 amide bonds. The molecule has 162 valence electrons. The van der Waals surface area contributed by atoms with Crippen molar-refractivity contribution in [2.24, 2.45) is 0 Å². The van der Waals surface area contributed by atoms with Crippen molar-refractivity contribution < 1.29 is 22.7 Å². The molecule has 1 heterocycles. The predicted octanol–water partition coefficient (Wildman–Crippen LogP) is 4.27. The van der Waals surface area contributed by atoms with E-state index in [1.807, 2.05) is 24.3 Å². The van der Waals surface area contributed by atoms with E-state index in [-0.39, 0.29) is 11.6 Å². The van der Waals surface area contributed by atoms with Crippen LogP contribution in [0.2, 0.25) is 5.02 Å². The number of benzene rings is 2. The molecule has 0 unspecified atom stereocenters. The van der Waals surface area contributed by atoms with Crippen molar-refractivity contribution in [3.8, 4) is 0 Å². The largest absolute Gasteiger partial charge is 0.418 e. The minimum atomic E-state index is -4.61. The maximum atomic E-state index is 13.2. The second-order valence-corrected chi connectivity index (χ2v) is 7.52. The number of hydrogen-bond donors (Lipinski definition) is 1. The minimum absolute atomic E-state index is 0.0834. The van der Waals surface area contributed by atoms with E-state index in [2.05, 4.69) is 10.2 Å². The number of alkyl halides is 3. The second kappa shape index (κ2) is 9.68. The van der Waals surface area contributed by atoms with Crippen LogP contribution >= 0.6 is 11.6 Å². The fourth-order valence-electron chi connectivity index (χ4n) is 3.42. The zero-order valence-electron chi connectivity index (χ0n) is 16.5. The Balaban J connectivity index is 1.67. The number of hydrogen-bond acceptors (Lipinski definition) is 4. The Morgan fingerprint density at radius 2 is 1.87 bits per heavy atom. The van der Waals surface area contributed by atoms with Gasteiger partial charge in [-0.3, -0.25) is 9.69 Å². The highest BCUT2D eigenvalue weighted by atomic mass is 35.5. The fourth-order valence-corrected chi connectivity index (χ4v) is 3.64. The highest BCUT2D eigenvalue weighted by Crippen LogP contribution is 2.38. The molecular formula is C21H23ClF3N3O2. The van der Waals surface area contributed by atoms with Crippen molar-refractivity contribution >= 4 is 28.9 Å². The van der Waals surface area contributed by atoms with E-state index in [9.17, 15) is 18.0 Å². The van der Waals surface area contributed by atoms with E-state index >= 15 is 0 Å². The van der Waals surface area contributed by atoms with Crippen LogP contribution in [0.15, 0.2) is 42.5 Å². The highest BCUT2D eigenvalue weighted by Gasteiger charge is 2.34. The molecule has 1 saturated heterocycles. The van der Waals surface area contributed by atoms with Gasteiger partial charge in [-0.25, -0.2) is 0 Å². The Labute approximate surface area is 178 Å². The first-order valence-corrected chi connectivity index (χ1v) is 9.88. The third-order valence-corrected chi connectivity index (χ3v) is 5.10. The summed E-state index contributed by atoms with van der Waals surface area (Å²) in [5.41, 5.74) is 0.712. The van der Waals surface area contributed by atoms with Crippen LogP contribution in [0.1, 0.15) is 11.1 Å². The molecule has 2 aromatic carbocycles. The number of carbonyl (C=O) groups is 1. The number of nitrogens with one attached hydrogen (secondary N) is 1. The van der Waals surface area contributed by atoms with Gasteiger partial charge in [-0.2, -0.15) is 13.2 Å². The van der Waals surface area contributed by atoms with E-state index in [0.717, 1.165) is 30.4 Å². The van der Waals surface area contributed by atoms with Crippen LogP contribution in [0.25, 0.3) is 0 Å². The van der Waals surface area contributed by atoms with Gasteiger partial charge in [0.2, 0.25) is 5.91 Å². The SMILES string of the molecule is CN(CC(=O)Nc1c(Cl)cccc1C(F)(F)F)Cc1ccccc1N1CCOCC1. The Bertz CT molecular complexity index is 886. The lowest BCUT2D eigenvalue weighted by atomic mass is 10.1. The number of nitrogens with zero attached hydrogens (tertiary/aromatic N) is 2. The van der Waals surface area contributed by atoms with Crippen molar-refractivity contribution in [2.45, 2.75) is 12.7 Å². The Hall–Kier alpha value is -2.29. The average molecular weight is 442 g/mol. The molecular weight excluding hydrogens is 419 g/mol. The van der Waals surface area contributed by atoms with E-state index in [0.29, 0.717) is 19.8 Å². The first kappa shape index (κ1) is 22.4. The van der Waals surface area contributed by atoms with E-state index in [1.165, 1.54) is 12.1 Å². The molecule has 0 aliphatic carbocycles. The summed E-state index contributed by atoms with van der Waals surface area (Å²) in [6, 6.07) is 11.3. The molecule has 30 heavy (non-hydrogen) atoms. The summed E-state index contributed by atoms with van der Waals surface area (Å²) < 4.78 is 45.0. The molecule has 0 bridgehead atoms. The Morgan fingerprint density at radius 1 is 1.17 bits per heavy atom. The van der Waals surface area contributed by atoms with Crippen LogP contribution in [0.5, 0.6) is 0 Å². The number of amides is 1. The van der Waals surface area contributed by atoms with Gasteiger partial charge in [0.25, 0.3) is 0 Å². The van der Waals surface area contributed by atoms with Gasteiger partial charge in [0.15, 0.2) is 0 Å². The molecule has 0 radical (unpaired) electrons. The monoisotopic (exact) mass is 441 g/mol. The van der Waals surface area contributed by atoms with Gasteiger partial charge in [-0.15, -0.1) is 0 Å². The molecule has 0 atom stereocenters. The molecule has 1 N–H and O–H groups in total. The van der Waals surface area contributed by atoms with Crippen LogP contribution in [0.3, 0.4) is 0 Å². The Kier molecular flexibility index (Phi) is 7.23. The van der Waals surface area contributed by atoms with E-state index < -0.39 is 23.3 Å². The van der Waals surface area contributed by atoms with Gasteiger partial charge < -0.3 is 15.0 Å². The van der Waals surface area contributed by atoms with Gasteiger partial charge in [0.1, 0.15) is 0 Å². The summed E-state index contributed by atoms with van der Waals surface area (Å²) in [4.78, 5) is 16.4. The molecule has 0 aromatic heterocycles. The van der Waals surface area contributed by atoms with Gasteiger partial charge in [-0.05, 0) is 30.8 Å². The number of likely N-dealkylation sites (N-methyl/N-ethyl adjacent to an activating group) is 1. The number of carbonyl (C=O) groups excluding carboxylic acids is 1. The third kappa shape index (κ3) is 5.65.